The number of carbonyl (C=O) groups is 1. The molecule has 0 bridgehead atoms. The highest BCUT2D eigenvalue weighted by molar-refractivity contribution is 5.88. The van der Waals surface area contributed by atoms with E-state index in [4.69, 9.17) is 4.74 Å². The Labute approximate surface area is 117 Å². The van der Waals surface area contributed by atoms with Crippen LogP contribution in [0.15, 0.2) is 42.5 Å². The first-order chi connectivity index (χ1) is 9.61. The predicted molar refractivity (Wildman–Crippen MR) is 78.9 cm³/mol. The maximum absolute atomic E-state index is 11.0. The van der Waals surface area contributed by atoms with Gasteiger partial charge in [-0.05, 0) is 36.8 Å². The minimum atomic E-state index is -0.182. The smallest absolute Gasteiger partial charge is 0.221 e. The molecule has 2 N–H and O–H groups in total. The highest BCUT2D eigenvalue weighted by atomic mass is 16.5. The lowest BCUT2D eigenvalue weighted by atomic mass is 10.1. The van der Waals surface area contributed by atoms with Gasteiger partial charge in [-0.3, -0.25) is 4.79 Å². The van der Waals surface area contributed by atoms with Gasteiger partial charge in [-0.2, -0.15) is 0 Å². The van der Waals surface area contributed by atoms with E-state index in [0.717, 1.165) is 22.7 Å². The van der Waals surface area contributed by atoms with E-state index >= 15 is 0 Å². The number of nitrogens with one attached hydrogen (secondary N) is 2. The number of anilines is 2. The number of hydrogen-bond acceptors (Lipinski definition) is 3. The first kappa shape index (κ1) is 12.5. The third-order valence-corrected chi connectivity index (χ3v) is 3.20. The second-order valence-electron chi connectivity index (χ2n) is 4.95. The van der Waals surface area contributed by atoms with Crippen molar-refractivity contribution in [3.63, 3.8) is 0 Å². The van der Waals surface area contributed by atoms with Gasteiger partial charge in [0.1, 0.15) is 5.75 Å². The Kier molecular flexibility index (Phi) is 3.06. The summed E-state index contributed by atoms with van der Waals surface area (Å²) in [4.78, 5) is 11.0. The molecule has 1 aliphatic rings. The van der Waals surface area contributed by atoms with Crippen molar-refractivity contribution >= 4 is 17.3 Å². The van der Waals surface area contributed by atoms with Gasteiger partial charge in [-0.1, -0.05) is 18.2 Å². The van der Waals surface area contributed by atoms with Crippen molar-refractivity contribution in [1.29, 1.82) is 0 Å². The van der Waals surface area contributed by atoms with Gasteiger partial charge in [0.25, 0.3) is 0 Å². The molecule has 2 aromatic carbocycles. The quantitative estimate of drug-likeness (QED) is 0.877. The number of rotatable bonds is 2. The Balaban J connectivity index is 1.77. The molecular weight excluding hydrogens is 252 g/mol. The molecule has 0 spiro atoms. The fourth-order valence-electron chi connectivity index (χ4n) is 2.25. The predicted octanol–water partition coefficient (Wildman–Crippen LogP) is 3.46. The molecular formula is C16H16N2O2. The van der Waals surface area contributed by atoms with Gasteiger partial charge in [0.15, 0.2) is 6.23 Å². The highest BCUT2D eigenvalue weighted by Gasteiger charge is 2.23. The van der Waals surface area contributed by atoms with Crippen molar-refractivity contribution in [2.24, 2.45) is 0 Å². The molecule has 102 valence electrons. The second kappa shape index (κ2) is 4.89. The molecule has 0 unspecified atom stereocenters. The normalized spacial score (nSPS) is 16.0. The average molecular weight is 268 g/mol. The molecule has 0 aliphatic carbocycles. The lowest BCUT2D eigenvalue weighted by Gasteiger charge is -2.12. The standard InChI is InChI=1S/C16H16N2O2/c1-10-3-8-15-14(9-10)18-16(20-15)12-4-6-13(7-5-12)17-11(2)19/h3-9,16,18H,1-2H3,(H,17,19)/t16-/m0/s1. The third-order valence-electron chi connectivity index (χ3n) is 3.20. The summed E-state index contributed by atoms with van der Waals surface area (Å²) in [6, 6.07) is 13.7. The number of aryl methyl sites for hydroxylation is 1. The van der Waals surface area contributed by atoms with Crippen molar-refractivity contribution < 1.29 is 9.53 Å². The molecule has 2 aromatic rings. The van der Waals surface area contributed by atoms with E-state index in [-0.39, 0.29) is 12.1 Å². The van der Waals surface area contributed by atoms with Crippen LogP contribution >= 0.6 is 0 Å². The van der Waals surface area contributed by atoms with Crippen LogP contribution in [0.4, 0.5) is 11.4 Å². The van der Waals surface area contributed by atoms with Crippen LogP contribution in [0.25, 0.3) is 0 Å². The van der Waals surface area contributed by atoms with Crippen LogP contribution in [0, 0.1) is 6.92 Å². The van der Waals surface area contributed by atoms with Crippen molar-refractivity contribution in [2.45, 2.75) is 20.1 Å². The number of fused-ring (bicyclic) bond motifs is 1. The van der Waals surface area contributed by atoms with E-state index in [1.807, 2.05) is 36.4 Å². The molecule has 3 rings (SSSR count). The van der Waals surface area contributed by atoms with Gasteiger partial charge in [0.05, 0.1) is 5.69 Å². The van der Waals surface area contributed by atoms with Gasteiger partial charge in [-0.15, -0.1) is 0 Å². The molecule has 0 saturated heterocycles. The maximum atomic E-state index is 11.0. The summed E-state index contributed by atoms with van der Waals surface area (Å²) in [6.45, 7) is 3.55. The van der Waals surface area contributed by atoms with Crippen molar-refractivity contribution in [1.82, 2.24) is 0 Å². The average Bonchev–Trinajstić information content (AvgIpc) is 2.81. The fourth-order valence-corrected chi connectivity index (χ4v) is 2.25. The maximum Gasteiger partial charge on any atom is 0.221 e. The van der Waals surface area contributed by atoms with Gasteiger partial charge >= 0.3 is 0 Å². The molecule has 0 saturated carbocycles. The van der Waals surface area contributed by atoms with Crippen molar-refractivity contribution in [3.8, 4) is 5.75 Å². The van der Waals surface area contributed by atoms with Gasteiger partial charge in [0, 0.05) is 18.2 Å². The van der Waals surface area contributed by atoms with Crippen LogP contribution in [0.3, 0.4) is 0 Å². The third kappa shape index (κ3) is 2.45. The number of ether oxygens (including phenoxy) is 1. The Morgan fingerprint density at radius 1 is 1.20 bits per heavy atom. The summed E-state index contributed by atoms with van der Waals surface area (Å²) in [5.74, 6) is 0.794. The van der Waals surface area contributed by atoms with Crippen LogP contribution in [0.2, 0.25) is 0 Å². The number of hydrogen-bond donors (Lipinski definition) is 2. The van der Waals surface area contributed by atoms with Crippen molar-refractivity contribution in [2.75, 3.05) is 10.6 Å². The minimum Gasteiger partial charge on any atom is -0.464 e. The zero-order valence-electron chi connectivity index (χ0n) is 11.4. The summed E-state index contributed by atoms with van der Waals surface area (Å²) < 4.78 is 5.87. The SMILES string of the molecule is CC(=O)Nc1ccc([C@H]2Nc3cc(C)ccc3O2)cc1. The van der Waals surface area contributed by atoms with E-state index < -0.39 is 0 Å². The molecule has 0 aromatic heterocycles. The molecule has 1 atom stereocenters. The first-order valence-corrected chi connectivity index (χ1v) is 6.53. The molecule has 1 heterocycles. The Morgan fingerprint density at radius 3 is 2.65 bits per heavy atom. The molecule has 0 fully saturated rings. The van der Waals surface area contributed by atoms with Crippen LogP contribution in [0.1, 0.15) is 24.3 Å². The highest BCUT2D eigenvalue weighted by Crippen LogP contribution is 2.38. The largest absolute Gasteiger partial charge is 0.464 e. The van der Waals surface area contributed by atoms with Gasteiger partial charge in [0.2, 0.25) is 5.91 Å². The number of amides is 1. The summed E-state index contributed by atoms with van der Waals surface area (Å²) >= 11 is 0. The monoisotopic (exact) mass is 268 g/mol. The first-order valence-electron chi connectivity index (χ1n) is 6.53. The number of carbonyl (C=O) groups excluding carboxylic acids is 1. The zero-order chi connectivity index (χ0) is 14.1. The Hall–Kier alpha value is -2.49. The zero-order valence-corrected chi connectivity index (χ0v) is 11.4. The Morgan fingerprint density at radius 2 is 1.95 bits per heavy atom. The van der Waals surface area contributed by atoms with Gasteiger partial charge in [-0.25, -0.2) is 0 Å². The lowest BCUT2D eigenvalue weighted by Crippen LogP contribution is -2.10. The fraction of sp³-hybridized carbons (Fsp3) is 0.188. The lowest BCUT2D eigenvalue weighted by molar-refractivity contribution is -0.114. The van der Waals surface area contributed by atoms with Gasteiger partial charge < -0.3 is 15.4 Å². The second-order valence-corrected chi connectivity index (χ2v) is 4.95. The molecule has 0 radical (unpaired) electrons. The topological polar surface area (TPSA) is 50.4 Å². The molecule has 4 nitrogen and oxygen atoms in total. The van der Waals surface area contributed by atoms with E-state index in [9.17, 15) is 4.79 Å². The van der Waals surface area contributed by atoms with Crippen molar-refractivity contribution in [3.05, 3.63) is 53.6 Å². The van der Waals surface area contributed by atoms with E-state index in [1.54, 1.807) is 0 Å². The van der Waals surface area contributed by atoms with Crippen LogP contribution < -0.4 is 15.4 Å². The molecule has 1 amide bonds. The Bertz CT molecular complexity index is 650. The van der Waals surface area contributed by atoms with E-state index in [1.165, 1.54) is 12.5 Å². The molecule has 20 heavy (non-hydrogen) atoms. The summed E-state index contributed by atoms with van der Waals surface area (Å²) in [5, 5.41) is 6.09. The summed E-state index contributed by atoms with van der Waals surface area (Å²) in [5.41, 5.74) is 4.02. The number of benzene rings is 2. The van der Waals surface area contributed by atoms with Crippen LogP contribution in [-0.2, 0) is 4.79 Å². The molecule has 4 heteroatoms. The van der Waals surface area contributed by atoms with E-state index in [2.05, 4.69) is 23.6 Å². The minimum absolute atomic E-state index is 0.0733. The summed E-state index contributed by atoms with van der Waals surface area (Å²) in [6.07, 6.45) is -0.182. The van der Waals surface area contributed by atoms with Crippen LogP contribution in [-0.4, -0.2) is 5.91 Å². The summed E-state index contributed by atoms with van der Waals surface area (Å²) in [7, 11) is 0. The van der Waals surface area contributed by atoms with E-state index in [0.29, 0.717) is 0 Å². The van der Waals surface area contributed by atoms with Crippen LogP contribution in [0.5, 0.6) is 5.75 Å². The molecule has 1 aliphatic heterocycles.